The van der Waals surface area contributed by atoms with Gasteiger partial charge in [-0.15, -0.1) is 11.3 Å². The van der Waals surface area contributed by atoms with Crippen molar-refractivity contribution in [2.75, 3.05) is 45.9 Å². The fourth-order valence-corrected chi connectivity index (χ4v) is 4.60. The molecule has 6 heteroatoms. The average Bonchev–Trinajstić information content (AvgIpc) is 3.23. The van der Waals surface area contributed by atoms with Crippen molar-refractivity contribution in [2.45, 2.75) is 18.4 Å². The van der Waals surface area contributed by atoms with Crippen LogP contribution in [-0.4, -0.2) is 72.4 Å². The minimum absolute atomic E-state index is 0.0292. The Morgan fingerprint density at radius 3 is 2.92 bits per heavy atom. The summed E-state index contributed by atoms with van der Waals surface area (Å²) in [6.07, 6.45) is 2.36. The highest BCUT2D eigenvalue weighted by atomic mass is 32.1. The van der Waals surface area contributed by atoms with Gasteiger partial charge in [0.05, 0.1) is 19.8 Å². The minimum Gasteiger partial charge on any atom is -0.384 e. The van der Waals surface area contributed by atoms with Crippen molar-refractivity contribution in [3.8, 4) is 0 Å². The van der Waals surface area contributed by atoms with Crippen LogP contribution < -0.4 is 0 Å². The maximum atomic E-state index is 13.0. The third kappa shape index (κ3) is 3.72. The second-order valence-electron chi connectivity index (χ2n) is 7.16. The molecule has 3 heterocycles. The molecule has 0 unspecified atom stereocenters. The lowest BCUT2D eigenvalue weighted by Gasteiger charge is -2.34. The number of hydrogen-bond donors (Lipinski definition) is 1. The molecule has 4 rings (SSSR count). The second-order valence-corrected chi connectivity index (χ2v) is 8.11. The molecule has 1 amide bonds. The summed E-state index contributed by atoms with van der Waals surface area (Å²) in [5, 5.41) is 14.2. The number of likely N-dealkylation sites (tertiary alicyclic amines) is 1. The number of fused-ring (bicyclic) bond motifs is 1. The van der Waals surface area contributed by atoms with Crippen LogP contribution in [0.25, 0.3) is 10.1 Å². The van der Waals surface area contributed by atoms with Gasteiger partial charge in [-0.1, -0.05) is 0 Å². The summed E-state index contributed by atoms with van der Waals surface area (Å²) in [6, 6.07) is 7.86. The van der Waals surface area contributed by atoms with Crippen molar-refractivity contribution in [3.05, 3.63) is 35.2 Å². The number of ether oxygens (including phenoxy) is 1. The van der Waals surface area contributed by atoms with Gasteiger partial charge in [0.1, 0.15) is 5.60 Å². The zero-order valence-corrected chi connectivity index (χ0v) is 15.1. The first-order chi connectivity index (χ1) is 12.1. The van der Waals surface area contributed by atoms with Gasteiger partial charge in [-0.25, -0.2) is 0 Å². The van der Waals surface area contributed by atoms with Crippen molar-refractivity contribution in [2.24, 2.45) is 0 Å². The fraction of sp³-hybridized carbons (Fsp3) is 0.526. The lowest BCUT2D eigenvalue weighted by molar-refractivity contribution is -0.0524. The van der Waals surface area contributed by atoms with Crippen LogP contribution in [0.3, 0.4) is 0 Å². The highest BCUT2D eigenvalue weighted by Crippen LogP contribution is 2.24. The molecule has 0 bridgehead atoms. The third-order valence-electron chi connectivity index (χ3n) is 5.06. The van der Waals surface area contributed by atoms with Gasteiger partial charge in [-0.05, 0) is 61.0 Å². The van der Waals surface area contributed by atoms with E-state index in [4.69, 9.17) is 4.74 Å². The van der Waals surface area contributed by atoms with Crippen LogP contribution in [0.5, 0.6) is 0 Å². The first kappa shape index (κ1) is 17.0. The zero-order valence-electron chi connectivity index (χ0n) is 14.3. The van der Waals surface area contributed by atoms with E-state index in [1.165, 1.54) is 17.5 Å². The van der Waals surface area contributed by atoms with Gasteiger partial charge in [0.25, 0.3) is 5.91 Å². The number of carbonyl (C=O) groups excluding carboxylic acids is 1. The molecule has 2 aromatic rings. The number of carbonyl (C=O) groups is 1. The molecule has 5 nitrogen and oxygen atoms in total. The van der Waals surface area contributed by atoms with Crippen LogP contribution in [0.4, 0.5) is 0 Å². The van der Waals surface area contributed by atoms with E-state index in [1.807, 2.05) is 29.6 Å². The molecular weight excluding hydrogens is 336 g/mol. The van der Waals surface area contributed by atoms with E-state index < -0.39 is 5.60 Å². The molecule has 2 aliphatic heterocycles. The number of aliphatic hydroxyl groups is 1. The van der Waals surface area contributed by atoms with Gasteiger partial charge < -0.3 is 19.6 Å². The van der Waals surface area contributed by atoms with Crippen LogP contribution in [0, 0.1) is 0 Å². The molecule has 2 aliphatic rings. The maximum absolute atomic E-state index is 13.0. The zero-order chi connectivity index (χ0) is 17.3. The van der Waals surface area contributed by atoms with E-state index in [9.17, 15) is 9.90 Å². The number of rotatable bonds is 3. The number of amides is 1. The Hall–Kier alpha value is -1.47. The van der Waals surface area contributed by atoms with Crippen LogP contribution in [0.2, 0.25) is 0 Å². The maximum Gasteiger partial charge on any atom is 0.254 e. The number of nitrogens with zero attached hydrogens (tertiary/aromatic N) is 2. The van der Waals surface area contributed by atoms with Crippen LogP contribution >= 0.6 is 11.3 Å². The van der Waals surface area contributed by atoms with E-state index in [0.717, 1.165) is 18.5 Å². The van der Waals surface area contributed by atoms with Gasteiger partial charge in [-0.3, -0.25) is 4.79 Å². The van der Waals surface area contributed by atoms with E-state index in [2.05, 4.69) is 4.90 Å². The smallest absolute Gasteiger partial charge is 0.254 e. The van der Waals surface area contributed by atoms with Crippen molar-refractivity contribution in [1.29, 1.82) is 0 Å². The molecule has 134 valence electrons. The van der Waals surface area contributed by atoms with Crippen molar-refractivity contribution < 1.29 is 14.6 Å². The Bertz CT molecular complexity index is 756. The summed E-state index contributed by atoms with van der Waals surface area (Å²) >= 11 is 1.67. The summed E-state index contributed by atoms with van der Waals surface area (Å²) in [7, 11) is 0. The fourth-order valence-electron chi connectivity index (χ4n) is 3.83. The molecule has 1 atom stereocenters. The Balaban J connectivity index is 1.52. The Morgan fingerprint density at radius 1 is 1.24 bits per heavy atom. The van der Waals surface area contributed by atoms with Crippen molar-refractivity contribution in [1.82, 2.24) is 9.80 Å². The predicted octanol–water partition coefficient (Wildman–Crippen LogP) is 2.20. The molecule has 1 N–H and O–H groups in total. The summed E-state index contributed by atoms with van der Waals surface area (Å²) < 4.78 is 6.81. The van der Waals surface area contributed by atoms with Gasteiger partial charge in [0.15, 0.2) is 0 Å². The number of hydrogen-bond acceptors (Lipinski definition) is 5. The third-order valence-corrected chi connectivity index (χ3v) is 5.96. The molecule has 1 aromatic heterocycles. The summed E-state index contributed by atoms with van der Waals surface area (Å²) in [5.41, 5.74) is -0.320. The molecule has 0 saturated carbocycles. The highest BCUT2D eigenvalue weighted by Gasteiger charge is 2.36. The first-order valence-electron chi connectivity index (χ1n) is 8.92. The SMILES string of the molecule is O=C(c1ccc2sccc2c1)N1CCOC[C@](O)(CN2CCCC2)C1. The number of β-amino-alcohol motifs (C(OH)–C–C–N with tert-alkyl or cyclic N) is 1. The molecule has 0 spiro atoms. The Kier molecular flexibility index (Phi) is 4.78. The van der Waals surface area contributed by atoms with Crippen LogP contribution in [-0.2, 0) is 4.74 Å². The van der Waals surface area contributed by atoms with Gasteiger partial charge >= 0.3 is 0 Å². The van der Waals surface area contributed by atoms with E-state index in [-0.39, 0.29) is 12.5 Å². The normalized spacial score (nSPS) is 25.4. The number of benzene rings is 1. The predicted molar refractivity (Wildman–Crippen MR) is 99.2 cm³/mol. The van der Waals surface area contributed by atoms with Gasteiger partial charge in [-0.2, -0.15) is 0 Å². The van der Waals surface area contributed by atoms with E-state index in [1.54, 1.807) is 16.2 Å². The van der Waals surface area contributed by atoms with E-state index >= 15 is 0 Å². The van der Waals surface area contributed by atoms with Crippen molar-refractivity contribution in [3.63, 3.8) is 0 Å². The molecule has 0 radical (unpaired) electrons. The molecular formula is C19H24N2O3S. The van der Waals surface area contributed by atoms with Gasteiger partial charge in [0.2, 0.25) is 0 Å². The Labute approximate surface area is 151 Å². The monoisotopic (exact) mass is 360 g/mol. The number of thiophene rings is 1. The Morgan fingerprint density at radius 2 is 2.08 bits per heavy atom. The lowest BCUT2D eigenvalue weighted by Crippen LogP contribution is -2.53. The summed E-state index contributed by atoms with van der Waals surface area (Å²) in [5.74, 6) is -0.0292. The molecule has 1 aromatic carbocycles. The van der Waals surface area contributed by atoms with Crippen LogP contribution in [0.15, 0.2) is 29.6 Å². The molecule has 25 heavy (non-hydrogen) atoms. The summed E-state index contributed by atoms with van der Waals surface area (Å²) in [6.45, 7) is 4.20. The van der Waals surface area contributed by atoms with Crippen LogP contribution in [0.1, 0.15) is 23.2 Å². The van der Waals surface area contributed by atoms with E-state index in [0.29, 0.717) is 31.8 Å². The van der Waals surface area contributed by atoms with Gasteiger partial charge in [0, 0.05) is 23.4 Å². The second kappa shape index (κ2) is 7.03. The lowest BCUT2D eigenvalue weighted by atomic mass is 10.0. The first-order valence-corrected chi connectivity index (χ1v) is 9.80. The topological polar surface area (TPSA) is 53.0 Å². The van der Waals surface area contributed by atoms with Crippen molar-refractivity contribution >= 4 is 27.3 Å². The average molecular weight is 360 g/mol. The molecule has 2 fully saturated rings. The quantitative estimate of drug-likeness (QED) is 0.912. The largest absolute Gasteiger partial charge is 0.384 e. The molecule has 2 saturated heterocycles. The standard InChI is InChI=1S/C19H24N2O3S/c22-18(16-3-4-17-15(11-16)5-10-25-17)21-8-9-24-14-19(23,13-21)12-20-6-1-2-7-20/h3-5,10-11,23H,1-2,6-9,12-14H2/t19-/m0/s1. The highest BCUT2D eigenvalue weighted by molar-refractivity contribution is 7.17. The summed E-state index contributed by atoms with van der Waals surface area (Å²) in [4.78, 5) is 17.0. The molecule has 0 aliphatic carbocycles. The minimum atomic E-state index is -0.997.